The lowest BCUT2D eigenvalue weighted by Crippen LogP contribution is -2.06. The van der Waals surface area contributed by atoms with Crippen LogP contribution in [-0.4, -0.2) is 34.0 Å². The number of anilines is 2. The maximum absolute atomic E-state index is 5.40. The first-order valence-corrected chi connectivity index (χ1v) is 10.0. The molecule has 0 aliphatic heterocycles. The first-order chi connectivity index (χ1) is 15.1. The van der Waals surface area contributed by atoms with Crippen molar-refractivity contribution in [1.29, 1.82) is 0 Å². The molecular weight excluding hydrogens is 390 g/mol. The predicted octanol–water partition coefficient (Wildman–Crippen LogP) is 4.63. The molecule has 0 radical (unpaired) electrons. The average Bonchev–Trinajstić information content (AvgIpc) is 3.08. The van der Waals surface area contributed by atoms with E-state index in [1.54, 1.807) is 20.4 Å². The number of nitrogens with zero attached hydrogens (tertiary/aromatic N) is 4. The number of aryl methyl sites for hydroxylation is 1. The van der Waals surface area contributed by atoms with Crippen molar-refractivity contribution in [2.45, 2.75) is 20.3 Å². The zero-order valence-electron chi connectivity index (χ0n) is 18.1. The zero-order valence-corrected chi connectivity index (χ0v) is 18.1. The van der Waals surface area contributed by atoms with Crippen LogP contribution in [0, 0.1) is 13.8 Å². The quantitative estimate of drug-likeness (QED) is 0.474. The highest BCUT2D eigenvalue weighted by Crippen LogP contribution is 2.29. The molecule has 31 heavy (non-hydrogen) atoms. The minimum Gasteiger partial charge on any atom is -0.493 e. The Hall–Kier alpha value is -3.87. The fourth-order valence-electron chi connectivity index (χ4n) is 3.36. The van der Waals surface area contributed by atoms with Gasteiger partial charge in [0.25, 0.3) is 0 Å². The molecule has 0 aliphatic carbocycles. The van der Waals surface area contributed by atoms with Crippen molar-refractivity contribution in [3.63, 3.8) is 0 Å². The molecule has 0 atom stereocenters. The van der Waals surface area contributed by atoms with Crippen LogP contribution >= 0.6 is 0 Å². The molecule has 2 aromatic carbocycles. The standard InChI is InChI=1S/C24H25N5O2/c1-16-17(2)28-29(19-8-6-5-7-9-19)24(16)27-22-12-13-25-23(26-22)15-18-10-11-20(30-3)21(14-18)31-4/h5-14H,15H2,1-4H3,(H,25,26,27). The van der Waals surface area contributed by atoms with E-state index in [4.69, 9.17) is 14.5 Å². The largest absolute Gasteiger partial charge is 0.493 e. The Morgan fingerprint density at radius 3 is 2.45 bits per heavy atom. The highest BCUT2D eigenvalue weighted by Gasteiger charge is 2.14. The molecule has 0 amide bonds. The number of aromatic nitrogens is 4. The van der Waals surface area contributed by atoms with Gasteiger partial charge in [-0.15, -0.1) is 0 Å². The maximum atomic E-state index is 5.40. The van der Waals surface area contributed by atoms with Gasteiger partial charge in [0.15, 0.2) is 11.5 Å². The Bertz CT molecular complexity index is 1190. The third-order valence-corrected chi connectivity index (χ3v) is 5.12. The van der Waals surface area contributed by atoms with Gasteiger partial charge in [-0.1, -0.05) is 24.3 Å². The average molecular weight is 415 g/mol. The minimum atomic E-state index is 0.575. The Labute approximate surface area is 181 Å². The molecule has 1 N–H and O–H groups in total. The molecule has 0 spiro atoms. The summed E-state index contributed by atoms with van der Waals surface area (Å²) >= 11 is 0. The van der Waals surface area contributed by atoms with Gasteiger partial charge in [0.2, 0.25) is 0 Å². The van der Waals surface area contributed by atoms with E-state index in [2.05, 4.69) is 22.3 Å². The zero-order chi connectivity index (χ0) is 21.8. The summed E-state index contributed by atoms with van der Waals surface area (Å²) in [7, 11) is 3.25. The molecular formula is C24H25N5O2. The number of rotatable bonds is 7. The van der Waals surface area contributed by atoms with Crippen LogP contribution in [0.25, 0.3) is 5.69 Å². The number of nitrogens with one attached hydrogen (secondary N) is 1. The molecule has 0 fully saturated rings. The summed E-state index contributed by atoms with van der Waals surface area (Å²) in [6.07, 6.45) is 2.34. The van der Waals surface area contributed by atoms with Crippen LogP contribution in [0.4, 0.5) is 11.6 Å². The monoisotopic (exact) mass is 415 g/mol. The van der Waals surface area contributed by atoms with Crippen molar-refractivity contribution >= 4 is 11.6 Å². The van der Waals surface area contributed by atoms with Crippen LogP contribution in [0.5, 0.6) is 11.5 Å². The number of hydrogen-bond donors (Lipinski definition) is 1. The number of methoxy groups -OCH3 is 2. The summed E-state index contributed by atoms with van der Waals surface area (Å²) in [5, 5.41) is 8.12. The predicted molar refractivity (Wildman–Crippen MR) is 121 cm³/mol. The lowest BCUT2D eigenvalue weighted by molar-refractivity contribution is 0.354. The number of ether oxygens (including phenoxy) is 2. The molecule has 4 rings (SSSR count). The van der Waals surface area contributed by atoms with Gasteiger partial charge < -0.3 is 14.8 Å². The van der Waals surface area contributed by atoms with E-state index >= 15 is 0 Å². The molecule has 0 aliphatic rings. The van der Waals surface area contributed by atoms with Crippen molar-refractivity contribution < 1.29 is 9.47 Å². The molecule has 0 unspecified atom stereocenters. The molecule has 2 aromatic heterocycles. The fraction of sp³-hybridized carbons (Fsp3) is 0.208. The van der Waals surface area contributed by atoms with Crippen molar-refractivity contribution in [3.8, 4) is 17.2 Å². The molecule has 4 aromatic rings. The molecule has 7 heteroatoms. The van der Waals surface area contributed by atoms with Gasteiger partial charge in [-0.05, 0) is 49.7 Å². The summed E-state index contributed by atoms with van der Waals surface area (Å²) in [5.74, 6) is 3.69. The van der Waals surface area contributed by atoms with Crippen LogP contribution in [0.1, 0.15) is 22.6 Å². The van der Waals surface area contributed by atoms with Gasteiger partial charge in [-0.25, -0.2) is 14.6 Å². The minimum absolute atomic E-state index is 0.575. The van der Waals surface area contributed by atoms with E-state index in [-0.39, 0.29) is 0 Å². The van der Waals surface area contributed by atoms with Gasteiger partial charge in [0.1, 0.15) is 17.5 Å². The molecule has 2 heterocycles. The van der Waals surface area contributed by atoms with Crippen LogP contribution in [0.15, 0.2) is 60.8 Å². The Balaban J connectivity index is 1.61. The van der Waals surface area contributed by atoms with Gasteiger partial charge >= 0.3 is 0 Å². The second-order valence-corrected chi connectivity index (χ2v) is 7.16. The molecule has 7 nitrogen and oxygen atoms in total. The van der Waals surface area contributed by atoms with E-state index < -0.39 is 0 Å². The lowest BCUT2D eigenvalue weighted by Gasteiger charge is -2.12. The third kappa shape index (κ3) is 4.35. The Morgan fingerprint density at radius 1 is 0.935 bits per heavy atom. The summed E-state index contributed by atoms with van der Waals surface area (Å²) in [6, 6.07) is 17.7. The molecule has 0 saturated heterocycles. The first-order valence-electron chi connectivity index (χ1n) is 10.0. The van der Waals surface area contributed by atoms with Crippen LogP contribution < -0.4 is 14.8 Å². The number of hydrogen-bond acceptors (Lipinski definition) is 6. The van der Waals surface area contributed by atoms with Gasteiger partial charge in [0, 0.05) is 18.2 Å². The second-order valence-electron chi connectivity index (χ2n) is 7.16. The molecule has 158 valence electrons. The second kappa shape index (κ2) is 8.87. The smallest absolute Gasteiger partial charge is 0.161 e. The van der Waals surface area contributed by atoms with E-state index in [0.29, 0.717) is 29.6 Å². The topological polar surface area (TPSA) is 74.1 Å². The summed E-state index contributed by atoms with van der Waals surface area (Å²) in [4.78, 5) is 9.15. The van der Waals surface area contributed by atoms with E-state index in [9.17, 15) is 0 Å². The van der Waals surface area contributed by atoms with Crippen LogP contribution in [-0.2, 0) is 6.42 Å². The van der Waals surface area contributed by atoms with Crippen LogP contribution in [0.2, 0.25) is 0 Å². The normalized spacial score (nSPS) is 10.7. The van der Waals surface area contributed by atoms with Crippen molar-refractivity contribution in [2.24, 2.45) is 0 Å². The van der Waals surface area contributed by atoms with E-state index in [1.807, 2.05) is 66.2 Å². The summed E-state index contributed by atoms with van der Waals surface area (Å²) < 4.78 is 12.6. The van der Waals surface area contributed by atoms with Crippen molar-refractivity contribution in [3.05, 3.63) is 83.4 Å². The maximum Gasteiger partial charge on any atom is 0.161 e. The highest BCUT2D eigenvalue weighted by atomic mass is 16.5. The van der Waals surface area contributed by atoms with Crippen LogP contribution in [0.3, 0.4) is 0 Å². The number of para-hydroxylation sites is 1. The molecule has 0 saturated carbocycles. The summed E-state index contributed by atoms with van der Waals surface area (Å²) in [5.41, 5.74) is 4.06. The SMILES string of the molecule is COc1ccc(Cc2nccc(Nc3c(C)c(C)nn3-c3ccccc3)n2)cc1OC. The Kier molecular flexibility index (Phi) is 5.84. The van der Waals surface area contributed by atoms with Crippen molar-refractivity contribution in [1.82, 2.24) is 19.7 Å². The fourth-order valence-corrected chi connectivity index (χ4v) is 3.36. The summed E-state index contributed by atoms with van der Waals surface area (Å²) in [6.45, 7) is 4.05. The van der Waals surface area contributed by atoms with Gasteiger partial charge in [-0.3, -0.25) is 0 Å². The lowest BCUT2D eigenvalue weighted by atomic mass is 10.1. The van der Waals surface area contributed by atoms with E-state index in [0.717, 1.165) is 28.3 Å². The third-order valence-electron chi connectivity index (χ3n) is 5.12. The van der Waals surface area contributed by atoms with Crippen molar-refractivity contribution in [2.75, 3.05) is 19.5 Å². The van der Waals surface area contributed by atoms with Gasteiger partial charge in [0.05, 0.1) is 25.6 Å². The Morgan fingerprint density at radius 2 is 1.71 bits per heavy atom. The molecule has 0 bridgehead atoms. The first kappa shape index (κ1) is 20.4. The number of benzene rings is 2. The van der Waals surface area contributed by atoms with Gasteiger partial charge in [-0.2, -0.15) is 5.10 Å². The highest BCUT2D eigenvalue weighted by molar-refractivity contribution is 5.60. The van der Waals surface area contributed by atoms with E-state index in [1.165, 1.54) is 0 Å².